The molecule has 1 heterocycles. The molecule has 0 radical (unpaired) electrons. The molecule has 4 aliphatic rings. The molecule has 3 aliphatic carbocycles. The van der Waals surface area contributed by atoms with Crippen LogP contribution in [0.2, 0.25) is 13.1 Å². The minimum atomic E-state index is -2.88. The number of ether oxygens (including phenoxy) is 5. The van der Waals surface area contributed by atoms with Crippen LogP contribution >= 0.6 is 0 Å². The van der Waals surface area contributed by atoms with Crippen molar-refractivity contribution < 1.29 is 57.5 Å². The molecule has 0 amide bonds. The summed E-state index contributed by atoms with van der Waals surface area (Å²) in [6, 6.07) is 17.8. The first-order chi connectivity index (χ1) is 24.8. The molecule has 286 valence electrons. The predicted octanol–water partition coefficient (Wildman–Crippen LogP) is 4.40. The number of rotatable bonds is 8. The molecule has 2 saturated carbocycles. The fourth-order valence-electron chi connectivity index (χ4n) is 9.40. The molecule has 2 aromatic rings. The maximum absolute atomic E-state index is 15.9. The van der Waals surface area contributed by atoms with Gasteiger partial charge in [0, 0.05) is 25.2 Å². The largest absolute Gasteiger partial charge is 0.509 e. The number of hydrogen-bond acceptors (Lipinski definition) is 12. The Morgan fingerprint density at radius 3 is 2.17 bits per heavy atom. The lowest BCUT2D eigenvalue weighted by Crippen LogP contribution is -2.82. The molecule has 12 nitrogen and oxygen atoms in total. The molecule has 53 heavy (non-hydrogen) atoms. The Kier molecular flexibility index (Phi) is 10.1. The number of benzene rings is 2. The van der Waals surface area contributed by atoms with Crippen LogP contribution in [0.15, 0.2) is 71.8 Å². The zero-order chi connectivity index (χ0) is 38.7. The van der Waals surface area contributed by atoms with Gasteiger partial charge in [0.1, 0.15) is 17.8 Å². The van der Waals surface area contributed by atoms with Crippen LogP contribution in [0.1, 0.15) is 64.7 Å². The summed E-state index contributed by atoms with van der Waals surface area (Å²) in [6.07, 6.45) is -7.80. The second-order valence-electron chi connectivity index (χ2n) is 15.9. The van der Waals surface area contributed by atoms with Gasteiger partial charge >= 0.3 is 18.1 Å². The number of fused-ring (bicyclic) bond motifs is 5. The zero-order valence-corrected chi connectivity index (χ0v) is 32.5. The lowest BCUT2D eigenvalue weighted by molar-refractivity contribution is -0.344. The van der Waals surface area contributed by atoms with Gasteiger partial charge in [0.2, 0.25) is 8.32 Å². The third kappa shape index (κ3) is 6.14. The number of ketones is 1. The Bertz CT molecular complexity index is 1790. The van der Waals surface area contributed by atoms with Crippen molar-refractivity contribution in [3.05, 3.63) is 77.4 Å². The molecule has 9 atom stereocenters. The standard InChI is InChI=1S/C40H50O12Si/c1-9-47-36(45)49-31-30-23(2)27(42)21-40(46,37(30,4)5)34(50-35(44)25-16-12-10-13-17-25)32-38(6,33(31)43)28(20-29-39(32,22-48-29)51-24(3)41)52-53(7,8)26-18-14-11-15-19-26/h10-19,27-29,31-32,34,42,46H,9,20-22H2,1-8H3/t27-,28-,29+,31?,32?,34-,38+,39-,40+/m0/s1. The van der Waals surface area contributed by atoms with Crippen molar-refractivity contribution in [3.8, 4) is 0 Å². The molecule has 1 aliphatic heterocycles. The van der Waals surface area contributed by atoms with Crippen molar-refractivity contribution in [2.45, 2.75) is 109 Å². The quantitative estimate of drug-likeness (QED) is 0.170. The van der Waals surface area contributed by atoms with Gasteiger partial charge in [0.05, 0.1) is 42.3 Å². The molecule has 3 fully saturated rings. The average Bonchev–Trinajstić information content (AvgIpc) is 3.10. The molecule has 2 bridgehead atoms. The SMILES string of the molecule is CCOC(=O)OC1C(=O)[C@@]2(C)C([C@H](OC(=O)c3ccccc3)[C@]3(O)C[C@H](O)C(C)=C1C3(C)C)[C@]1(OC(C)=O)CO[C@@H]1C[C@@H]2O[Si](C)(C)c1ccccc1. The molecule has 0 spiro atoms. The minimum absolute atomic E-state index is 0.0394. The highest BCUT2D eigenvalue weighted by molar-refractivity contribution is 6.84. The lowest BCUT2D eigenvalue weighted by Gasteiger charge is -2.68. The monoisotopic (exact) mass is 750 g/mol. The van der Waals surface area contributed by atoms with Crippen molar-refractivity contribution in [3.63, 3.8) is 0 Å². The van der Waals surface area contributed by atoms with E-state index in [1.165, 1.54) is 6.92 Å². The average molecular weight is 751 g/mol. The molecule has 13 heteroatoms. The van der Waals surface area contributed by atoms with Crippen LogP contribution < -0.4 is 5.19 Å². The summed E-state index contributed by atoms with van der Waals surface area (Å²) in [5.74, 6) is -3.45. The van der Waals surface area contributed by atoms with Gasteiger partial charge in [-0.05, 0) is 62.3 Å². The topological polar surface area (TPSA) is 164 Å². The minimum Gasteiger partial charge on any atom is -0.455 e. The fourth-order valence-corrected chi connectivity index (χ4v) is 11.6. The van der Waals surface area contributed by atoms with E-state index in [1.807, 2.05) is 43.4 Å². The highest BCUT2D eigenvalue weighted by atomic mass is 28.4. The van der Waals surface area contributed by atoms with E-state index in [0.29, 0.717) is 5.57 Å². The summed E-state index contributed by atoms with van der Waals surface area (Å²) >= 11 is 0. The van der Waals surface area contributed by atoms with Crippen LogP contribution in [0.5, 0.6) is 0 Å². The van der Waals surface area contributed by atoms with Gasteiger partial charge in [-0.15, -0.1) is 0 Å². The first-order valence-corrected chi connectivity index (χ1v) is 21.1. The summed E-state index contributed by atoms with van der Waals surface area (Å²) in [5, 5.41) is 26.0. The van der Waals surface area contributed by atoms with Crippen LogP contribution in [0.4, 0.5) is 4.79 Å². The smallest absolute Gasteiger partial charge is 0.455 e. The van der Waals surface area contributed by atoms with Crippen molar-refractivity contribution in [1.82, 2.24) is 0 Å². The van der Waals surface area contributed by atoms with E-state index in [2.05, 4.69) is 0 Å². The summed E-state index contributed by atoms with van der Waals surface area (Å²) in [5.41, 5.74) is -6.36. The molecule has 6 rings (SSSR count). The molecular weight excluding hydrogens is 701 g/mol. The van der Waals surface area contributed by atoms with Gasteiger partial charge in [-0.3, -0.25) is 9.59 Å². The van der Waals surface area contributed by atoms with Crippen LogP contribution in [-0.2, 0) is 37.7 Å². The van der Waals surface area contributed by atoms with E-state index in [9.17, 15) is 24.6 Å². The van der Waals surface area contributed by atoms with Crippen molar-refractivity contribution in [1.29, 1.82) is 0 Å². The Morgan fingerprint density at radius 1 is 0.981 bits per heavy atom. The normalized spacial score (nSPS) is 34.6. The highest BCUT2D eigenvalue weighted by Crippen LogP contribution is 2.65. The third-order valence-electron chi connectivity index (χ3n) is 12.3. The van der Waals surface area contributed by atoms with Gasteiger partial charge in [0.25, 0.3) is 0 Å². The van der Waals surface area contributed by atoms with Crippen LogP contribution in [-0.4, -0.2) is 97.3 Å². The Morgan fingerprint density at radius 2 is 1.60 bits per heavy atom. The first-order valence-electron chi connectivity index (χ1n) is 18.1. The third-order valence-corrected chi connectivity index (χ3v) is 14.9. The molecular formula is C40H50O12Si. The predicted molar refractivity (Wildman–Crippen MR) is 193 cm³/mol. The Balaban J connectivity index is 1.66. The number of aliphatic hydroxyl groups is 2. The number of aliphatic hydroxyl groups excluding tert-OH is 1. The van der Waals surface area contributed by atoms with Crippen LogP contribution in [0.3, 0.4) is 0 Å². The fraction of sp³-hybridized carbons (Fsp3) is 0.550. The molecule has 1 saturated heterocycles. The van der Waals surface area contributed by atoms with Gasteiger partial charge < -0.3 is 38.3 Å². The first kappa shape index (κ1) is 38.8. The Hall–Kier alpha value is -3.88. The summed E-state index contributed by atoms with van der Waals surface area (Å²) in [6.45, 7) is 13.2. The van der Waals surface area contributed by atoms with Gasteiger partial charge in [0.15, 0.2) is 17.5 Å². The van der Waals surface area contributed by atoms with Crippen molar-refractivity contribution in [2.24, 2.45) is 16.7 Å². The van der Waals surface area contributed by atoms with E-state index in [-0.39, 0.29) is 37.2 Å². The maximum atomic E-state index is 15.9. The number of Topliss-reactive ketones (excluding diaryl/α,β-unsaturated/α-hetero) is 1. The second kappa shape index (κ2) is 13.8. The van der Waals surface area contributed by atoms with E-state index >= 15 is 4.79 Å². The zero-order valence-electron chi connectivity index (χ0n) is 31.5. The summed E-state index contributed by atoms with van der Waals surface area (Å²) in [7, 11) is -2.88. The summed E-state index contributed by atoms with van der Waals surface area (Å²) < 4.78 is 37.1. The molecule has 2 aromatic carbocycles. The van der Waals surface area contributed by atoms with Crippen molar-refractivity contribution in [2.75, 3.05) is 13.2 Å². The highest BCUT2D eigenvalue weighted by Gasteiger charge is 2.78. The van der Waals surface area contributed by atoms with E-state index in [1.54, 1.807) is 65.0 Å². The van der Waals surface area contributed by atoms with E-state index in [0.717, 1.165) is 5.19 Å². The number of esters is 2. The summed E-state index contributed by atoms with van der Waals surface area (Å²) in [4.78, 5) is 56.4. The number of carbonyl (C=O) groups is 4. The maximum Gasteiger partial charge on any atom is 0.509 e. The van der Waals surface area contributed by atoms with Crippen LogP contribution in [0, 0.1) is 16.7 Å². The van der Waals surface area contributed by atoms with Gasteiger partial charge in [-0.1, -0.05) is 62.4 Å². The van der Waals surface area contributed by atoms with Gasteiger partial charge in [-0.2, -0.15) is 0 Å². The van der Waals surface area contributed by atoms with E-state index < -0.39 is 90.7 Å². The molecule has 2 N–H and O–H groups in total. The van der Waals surface area contributed by atoms with Crippen molar-refractivity contribution >= 4 is 37.4 Å². The Labute approximate surface area is 310 Å². The van der Waals surface area contributed by atoms with Gasteiger partial charge in [-0.25, -0.2) is 9.59 Å². The second-order valence-corrected chi connectivity index (χ2v) is 19.8. The van der Waals surface area contributed by atoms with E-state index in [4.69, 9.17) is 28.1 Å². The lowest BCUT2D eigenvalue weighted by atomic mass is 9.44. The number of hydrogen-bond donors (Lipinski definition) is 2. The van der Waals surface area contributed by atoms with Crippen LogP contribution in [0.25, 0.3) is 0 Å². The molecule has 0 aromatic heterocycles. The molecule has 2 unspecified atom stereocenters. The number of carbonyl (C=O) groups excluding carboxylic acids is 4.